The lowest BCUT2D eigenvalue weighted by atomic mass is 9.97. The Balaban J connectivity index is 2.32. The molecule has 0 saturated heterocycles. The molecule has 1 aromatic heterocycles. The molecule has 24 heavy (non-hydrogen) atoms. The summed E-state index contributed by atoms with van der Waals surface area (Å²) in [4.78, 5) is 12.8. The molecule has 0 unspecified atom stereocenters. The standard InChI is InChI=1S/C22H23NO/c1-3-4-15-23-21(19-13-9-6-10-14-19)20(16-17(2)22(23)24)18-11-7-5-8-12-18/h5-14,16H,3-4,15H2,1-2H3. The van der Waals surface area contributed by atoms with Gasteiger partial charge in [-0.2, -0.15) is 0 Å². The molecule has 3 rings (SSSR count). The first-order valence-electron chi connectivity index (χ1n) is 8.57. The van der Waals surface area contributed by atoms with E-state index in [1.807, 2.05) is 54.0 Å². The van der Waals surface area contributed by atoms with Crippen LogP contribution in [0.4, 0.5) is 0 Å². The zero-order chi connectivity index (χ0) is 16.9. The zero-order valence-corrected chi connectivity index (χ0v) is 14.3. The van der Waals surface area contributed by atoms with Crippen molar-refractivity contribution in [3.63, 3.8) is 0 Å². The van der Waals surface area contributed by atoms with Crippen molar-refractivity contribution in [2.24, 2.45) is 0 Å². The molecule has 0 N–H and O–H groups in total. The largest absolute Gasteiger partial charge is 0.307 e. The number of hydrogen-bond donors (Lipinski definition) is 0. The molecule has 122 valence electrons. The Kier molecular flexibility index (Phi) is 4.95. The molecule has 0 fully saturated rings. The molecule has 3 aromatic rings. The molecule has 0 atom stereocenters. The quantitative estimate of drug-likeness (QED) is 0.626. The van der Waals surface area contributed by atoms with E-state index in [-0.39, 0.29) is 5.56 Å². The van der Waals surface area contributed by atoms with Crippen molar-refractivity contribution in [3.8, 4) is 22.4 Å². The second-order valence-electron chi connectivity index (χ2n) is 6.13. The van der Waals surface area contributed by atoms with Crippen molar-refractivity contribution < 1.29 is 0 Å². The van der Waals surface area contributed by atoms with Gasteiger partial charge in [0.2, 0.25) is 0 Å². The highest BCUT2D eigenvalue weighted by atomic mass is 16.1. The molecule has 0 radical (unpaired) electrons. The van der Waals surface area contributed by atoms with Crippen LogP contribution in [0.1, 0.15) is 25.3 Å². The molecular weight excluding hydrogens is 294 g/mol. The Morgan fingerprint density at radius 2 is 1.46 bits per heavy atom. The average Bonchev–Trinajstić information content (AvgIpc) is 2.64. The number of aryl methyl sites for hydroxylation is 1. The normalized spacial score (nSPS) is 10.8. The molecule has 0 bridgehead atoms. The van der Waals surface area contributed by atoms with Gasteiger partial charge in [-0.25, -0.2) is 0 Å². The molecule has 0 aliphatic heterocycles. The van der Waals surface area contributed by atoms with E-state index in [0.717, 1.165) is 47.3 Å². The van der Waals surface area contributed by atoms with Gasteiger partial charge in [-0.3, -0.25) is 4.79 Å². The maximum absolute atomic E-state index is 12.8. The first kappa shape index (κ1) is 16.3. The molecule has 0 saturated carbocycles. The molecule has 0 aliphatic carbocycles. The lowest BCUT2D eigenvalue weighted by molar-refractivity contribution is 0.617. The lowest BCUT2D eigenvalue weighted by Crippen LogP contribution is -2.24. The number of benzene rings is 2. The highest BCUT2D eigenvalue weighted by molar-refractivity contribution is 5.81. The molecule has 2 nitrogen and oxygen atoms in total. The van der Waals surface area contributed by atoms with E-state index in [1.165, 1.54) is 0 Å². The van der Waals surface area contributed by atoms with Crippen molar-refractivity contribution in [1.29, 1.82) is 0 Å². The summed E-state index contributed by atoms with van der Waals surface area (Å²) in [6.07, 6.45) is 2.06. The second kappa shape index (κ2) is 7.31. The Morgan fingerprint density at radius 3 is 2.04 bits per heavy atom. The number of rotatable bonds is 5. The van der Waals surface area contributed by atoms with Crippen molar-refractivity contribution in [3.05, 3.63) is 82.6 Å². The summed E-state index contributed by atoms with van der Waals surface area (Å²) in [5, 5.41) is 0. The highest BCUT2D eigenvalue weighted by Crippen LogP contribution is 2.31. The third-order valence-electron chi connectivity index (χ3n) is 4.34. The van der Waals surface area contributed by atoms with Crippen LogP contribution in [-0.4, -0.2) is 4.57 Å². The number of nitrogens with zero attached hydrogens (tertiary/aromatic N) is 1. The van der Waals surface area contributed by atoms with Gasteiger partial charge in [0, 0.05) is 17.7 Å². The van der Waals surface area contributed by atoms with E-state index in [9.17, 15) is 4.79 Å². The Hall–Kier alpha value is -2.61. The SMILES string of the molecule is CCCCn1c(-c2ccccc2)c(-c2ccccc2)cc(C)c1=O. The van der Waals surface area contributed by atoms with Gasteiger partial charge in [-0.05, 0) is 30.5 Å². The van der Waals surface area contributed by atoms with E-state index >= 15 is 0 Å². The topological polar surface area (TPSA) is 22.0 Å². The van der Waals surface area contributed by atoms with Gasteiger partial charge in [0.25, 0.3) is 5.56 Å². The molecular formula is C22H23NO. The molecule has 0 spiro atoms. The van der Waals surface area contributed by atoms with Crippen LogP contribution in [0.5, 0.6) is 0 Å². The first-order valence-corrected chi connectivity index (χ1v) is 8.57. The molecule has 1 heterocycles. The molecule has 0 amide bonds. The van der Waals surface area contributed by atoms with Crippen molar-refractivity contribution in [2.75, 3.05) is 0 Å². The summed E-state index contributed by atoms with van der Waals surface area (Å²) in [5.74, 6) is 0. The third-order valence-corrected chi connectivity index (χ3v) is 4.34. The van der Waals surface area contributed by atoms with E-state index in [1.54, 1.807) is 0 Å². The minimum Gasteiger partial charge on any atom is -0.307 e. The van der Waals surface area contributed by atoms with Gasteiger partial charge in [0.05, 0.1) is 5.69 Å². The fourth-order valence-corrected chi connectivity index (χ4v) is 3.08. The second-order valence-corrected chi connectivity index (χ2v) is 6.13. The first-order chi connectivity index (χ1) is 11.7. The minimum absolute atomic E-state index is 0.113. The van der Waals surface area contributed by atoms with E-state index in [4.69, 9.17) is 0 Å². The smallest absolute Gasteiger partial charge is 0.253 e. The van der Waals surface area contributed by atoms with Crippen LogP contribution in [0.15, 0.2) is 71.5 Å². The summed E-state index contributed by atoms with van der Waals surface area (Å²) in [6.45, 7) is 4.81. The number of unbranched alkanes of at least 4 members (excludes halogenated alkanes) is 1. The van der Waals surface area contributed by atoms with Gasteiger partial charge in [-0.15, -0.1) is 0 Å². The predicted molar refractivity (Wildman–Crippen MR) is 101 cm³/mol. The summed E-state index contributed by atoms with van der Waals surface area (Å²) in [7, 11) is 0. The Labute approximate surface area is 143 Å². The zero-order valence-electron chi connectivity index (χ0n) is 14.3. The van der Waals surface area contributed by atoms with Crippen LogP contribution in [0.25, 0.3) is 22.4 Å². The molecule has 2 heteroatoms. The maximum Gasteiger partial charge on any atom is 0.253 e. The molecule has 0 aliphatic rings. The lowest BCUT2D eigenvalue weighted by Gasteiger charge is -2.19. The third kappa shape index (κ3) is 3.18. The van der Waals surface area contributed by atoms with Gasteiger partial charge in [0.1, 0.15) is 0 Å². The van der Waals surface area contributed by atoms with Gasteiger partial charge in [0.15, 0.2) is 0 Å². The highest BCUT2D eigenvalue weighted by Gasteiger charge is 2.15. The van der Waals surface area contributed by atoms with Gasteiger partial charge >= 0.3 is 0 Å². The van der Waals surface area contributed by atoms with E-state index in [0.29, 0.717) is 0 Å². The fourth-order valence-electron chi connectivity index (χ4n) is 3.08. The maximum atomic E-state index is 12.8. The summed E-state index contributed by atoms with van der Waals surface area (Å²) >= 11 is 0. The predicted octanol–water partition coefficient (Wildman–Crippen LogP) is 5.29. The number of hydrogen-bond acceptors (Lipinski definition) is 1. The van der Waals surface area contributed by atoms with Gasteiger partial charge < -0.3 is 4.57 Å². The number of aromatic nitrogens is 1. The van der Waals surface area contributed by atoms with Crippen molar-refractivity contribution >= 4 is 0 Å². The fraction of sp³-hybridized carbons (Fsp3) is 0.227. The van der Waals surface area contributed by atoms with Crippen LogP contribution in [0, 0.1) is 6.92 Å². The minimum atomic E-state index is 0.113. The van der Waals surface area contributed by atoms with Crippen molar-refractivity contribution in [1.82, 2.24) is 4.57 Å². The van der Waals surface area contributed by atoms with Crippen molar-refractivity contribution in [2.45, 2.75) is 33.2 Å². The van der Waals surface area contributed by atoms with E-state index < -0.39 is 0 Å². The monoisotopic (exact) mass is 317 g/mol. The van der Waals surface area contributed by atoms with Crippen LogP contribution in [-0.2, 0) is 6.54 Å². The van der Waals surface area contributed by atoms with Crippen LogP contribution in [0.3, 0.4) is 0 Å². The Morgan fingerprint density at radius 1 is 0.875 bits per heavy atom. The van der Waals surface area contributed by atoms with Crippen LogP contribution in [0.2, 0.25) is 0 Å². The number of pyridine rings is 1. The van der Waals surface area contributed by atoms with Crippen LogP contribution >= 0.6 is 0 Å². The van der Waals surface area contributed by atoms with Gasteiger partial charge in [-0.1, -0.05) is 74.0 Å². The summed E-state index contributed by atoms with van der Waals surface area (Å²) in [6, 6.07) is 22.6. The van der Waals surface area contributed by atoms with Crippen LogP contribution < -0.4 is 5.56 Å². The average molecular weight is 317 g/mol. The van der Waals surface area contributed by atoms with E-state index in [2.05, 4.69) is 31.2 Å². The summed E-state index contributed by atoms with van der Waals surface area (Å²) < 4.78 is 1.95. The summed E-state index contributed by atoms with van der Waals surface area (Å²) in [5.41, 5.74) is 5.28. The molecule has 2 aromatic carbocycles. The Bertz CT molecular complexity index is 864.